The first-order valence-electron chi connectivity index (χ1n) is 11.4. The van der Waals surface area contributed by atoms with Gasteiger partial charge >= 0.3 is 5.97 Å². The van der Waals surface area contributed by atoms with Crippen LogP contribution in [0.25, 0.3) is 0 Å². The summed E-state index contributed by atoms with van der Waals surface area (Å²) in [5, 5.41) is 19.7. The van der Waals surface area contributed by atoms with Crippen molar-refractivity contribution >= 4 is 23.5 Å². The average Bonchev–Trinajstić information content (AvgIpc) is 2.83. The highest BCUT2D eigenvalue weighted by Gasteiger charge is 2.41. The number of carbonyl (C=O) groups is 2. The van der Waals surface area contributed by atoms with Gasteiger partial charge in [-0.25, -0.2) is 0 Å². The summed E-state index contributed by atoms with van der Waals surface area (Å²) in [6, 6.07) is 11.0. The van der Waals surface area contributed by atoms with Crippen LogP contribution in [0.2, 0.25) is 5.02 Å². The number of aryl methyl sites for hydroxylation is 1. The topological polar surface area (TPSA) is 87.1 Å². The van der Waals surface area contributed by atoms with E-state index in [2.05, 4.69) is 0 Å². The highest BCUT2D eigenvalue weighted by molar-refractivity contribution is 6.34. The van der Waals surface area contributed by atoms with Gasteiger partial charge in [-0.15, -0.1) is 0 Å². The quantitative estimate of drug-likeness (QED) is 0.544. The lowest BCUT2D eigenvalue weighted by Crippen LogP contribution is -2.37. The van der Waals surface area contributed by atoms with Crippen LogP contribution in [-0.2, 0) is 23.2 Å². The van der Waals surface area contributed by atoms with Crippen LogP contribution in [0.1, 0.15) is 65.6 Å². The lowest BCUT2D eigenvalue weighted by molar-refractivity contribution is -0.145. The molecule has 178 valence electrons. The summed E-state index contributed by atoms with van der Waals surface area (Å²) >= 11 is 6.27. The second-order valence-electron chi connectivity index (χ2n) is 8.78. The highest BCUT2D eigenvalue weighted by Crippen LogP contribution is 2.40. The largest absolute Gasteiger partial charge is 0.496 e. The monoisotopic (exact) mass is 473 g/mol. The van der Waals surface area contributed by atoms with Gasteiger partial charge in [-0.2, -0.15) is 0 Å². The van der Waals surface area contributed by atoms with Gasteiger partial charge in [0.2, 0.25) is 0 Å². The molecule has 2 aromatic rings. The maximum absolute atomic E-state index is 12.9. The Kier molecular flexibility index (Phi) is 8.38. The highest BCUT2D eigenvalue weighted by atomic mass is 35.5. The van der Waals surface area contributed by atoms with E-state index >= 15 is 0 Å². The fraction of sp³-hybridized carbons (Fsp3) is 0.462. The van der Waals surface area contributed by atoms with Crippen molar-refractivity contribution in [1.82, 2.24) is 4.90 Å². The molecule has 1 fully saturated rings. The molecule has 0 bridgehead atoms. The minimum atomic E-state index is -0.780. The van der Waals surface area contributed by atoms with Crippen LogP contribution in [0, 0.1) is 0 Å². The molecular formula is C26H32ClNO5. The first-order valence-corrected chi connectivity index (χ1v) is 11.8. The molecule has 0 aromatic heterocycles. The molecule has 2 aromatic carbocycles. The van der Waals surface area contributed by atoms with Crippen molar-refractivity contribution in [2.45, 2.75) is 57.0 Å². The number of aliphatic carboxylic acids is 1. The molecule has 0 heterocycles. The smallest absolute Gasteiger partial charge is 0.314 e. The second-order valence-corrected chi connectivity index (χ2v) is 9.19. The predicted molar refractivity (Wildman–Crippen MR) is 128 cm³/mol. The number of amides is 1. The summed E-state index contributed by atoms with van der Waals surface area (Å²) in [6.45, 7) is 0.295. The van der Waals surface area contributed by atoms with Crippen molar-refractivity contribution in [2.24, 2.45) is 0 Å². The van der Waals surface area contributed by atoms with Gasteiger partial charge in [0.25, 0.3) is 5.91 Å². The molecule has 2 N–H and O–H groups in total. The van der Waals surface area contributed by atoms with Crippen LogP contribution in [-0.4, -0.2) is 47.7 Å². The summed E-state index contributed by atoms with van der Waals surface area (Å²) in [4.78, 5) is 26.7. The van der Waals surface area contributed by atoms with Gasteiger partial charge in [-0.1, -0.05) is 55.1 Å². The van der Waals surface area contributed by atoms with Crippen LogP contribution >= 0.6 is 11.6 Å². The number of hydrogen-bond donors (Lipinski definition) is 2. The summed E-state index contributed by atoms with van der Waals surface area (Å²) in [7, 11) is 3.21. The molecule has 7 heteroatoms. The van der Waals surface area contributed by atoms with Crippen molar-refractivity contribution in [3.63, 3.8) is 0 Å². The van der Waals surface area contributed by atoms with Crippen LogP contribution in [0.4, 0.5) is 0 Å². The van der Waals surface area contributed by atoms with Gasteiger partial charge in [-0.05, 0) is 48.9 Å². The number of carboxylic acids is 1. The predicted octanol–water partition coefficient (Wildman–Crippen LogP) is 4.83. The van der Waals surface area contributed by atoms with E-state index in [1.807, 2.05) is 24.3 Å². The molecule has 0 unspecified atom stereocenters. The SMILES string of the molecule is COc1cc(C(=O)N(C)CCCc2cccc(C3(C(=O)O)CCCCC3)c2)c(Cl)cc1CO. The van der Waals surface area contributed by atoms with Gasteiger partial charge in [-0.3, -0.25) is 9.59 Å². The Morgan fingerprint density at radius 3 is 2.52 bits per heavy atom. The molecule has 1 aliphatic carbocycles. The normalized spacial score (nSPS) is 15.2. The third kappa shape index (κ3) is 5.50. The van der Waals surface area contributed by atoms with E-state index in [0.717, 1.165) is 43.2 Å². The zero-order chi connectivity index (χ0) is 24.0. The first kappa shape index (κ1) is 25.1. The third-order valence-electron chi connectivity index (χ3n) is 6.67. The van der Waals surface area contributed by atoms with E-state index in [4.69, 9.17) is 16.3 Å². The Hall–Kier alpha value is -2.57. The summed E-state index contributed by atoms with van der Waals surface area (Å²) in [5.41, 5.74) is 2.04. The van der Waals surface area contributed by atoms with Crippen molar-refractivity contribution in [2.75, 3.05) is 20.7 Å². The zero-order valence-electron chi connectivity index (χ0n) is 19.3. The van der Waals surface area contributed by atoms with Crippen molar-refractivity contribution in [3.8, 4) is 5.75 Å². The van der Waals surface area contributed by atoms with Crippen LogP contribution in [0.5, 0.6) is 5.75 Å². The van der Waals surface area contributed by atoms with Crippen LogP contribution < -0.4 is 4.74 Å². The molecule has 3 rings (SSSR count). The third-order valence-corrected chi connectivity index (χ3v) is 6.99. The minimum Gasteiger partial charge on any atom is -0.496 e. The average molecular weight is 474 g/mol. The molecule has 0 spiro atoms. The van der Waals surface area contributed by atoms with Gasteiger partial charge in [0.05, 0.1) is 29.7 Å². The molecular weight excluding hydrogens is 442 g/mol. The zero-order valence-corrected chi connectivity index (χ0v) is 20.0. The number of hydrogen-bond acceptors (Lipinski definition) is 4. The number of halogens is 1. The Morgan fingerprint density at radius 1 is 1.15 bits per heavy atom. The number of aliphatic hydroxyl groups is 1. The molecule has 33 heavy (non-hydrogen) atoms. The van der Waals surface area contributed by atoms with E-state index in [1.165, 1.54) is 7.11 Å². The minimum absolute atomic E-state index is 0.219. The number of carbonyl (C=O) groups excluding carboxylic acids is 1. The summed E-state index contributed by atoms with van der Waals surface area (Å²) in [5.74, 6) is -0.529. The van der Waals surface area contributed by atoms with Gasteiger partial charge in [0.1, 0.15) is 5.75 Å². The Bertz CT molecular complexity index is 1000. The molecule has 0 radical (unpaired) electrons. The fourth-order valence-electron chi connectivity index (χ4n) is 4.71. The summed E-state index contributed by atoms with van der Waals surface area (Å²) < 4.78 is 5.26. The molecule has 1 amide bonds. The Morgan fingerprint density at radius 2 is 1.88 bits per heavy atom. The molecule has 6 nitrogen and oxygen atoms in total. The van der Waals surface area contributed by atoms with E-state index in [-0.39, 0.29) is 17.5 Å². The maximum Gasteiger partial charge on any atom is 0.314 e. The van der Waals surface area contributed by atoms with Crippen molar-refractivity contribution < 1.29 is 24.5 Å². The number of aliphatic hydroxyl groups excluding tert-OH is 1. The van der Waals surface area contributed by atoms with E-state index in [9.17, 15) is 19.8 Å². The molecule has 0 atom stereocenters. The van der Waals surface area contributed by atoms with Gasteiger partial charge in [0, 0.05) is 19.2 Å². The number of benzene rings is 2. The lowest BCUT2D eigenvalue weighted by atomic mass is 9.69. The number of nitrogens with zero attached hydrogens (tertiary/aromatic N) is 1. The molecule has 0 saturated heterocycles. The summed E-state index contributed by atoms with van der Waals surface area (Å²) in [6.07, 6.45) is 5.81. The van der Waals surface area contributed by atoms with Crippen molar-refractivity contribution in [3.05, 3.63) is 63.7 Å². The number of rotatable bonds is 9. The van der Waals surface area contributed by atoms with E-state index in [1.54, 1.807) is 24.1 Å². The standard InChI is InChI=1S/C26H32ClNO5/c1-28(24(30)21-16-23(33-2)19(17-29)15-22(21)27)13-7-9-18-8-6-10-20(14-18)26(25(31)32)11-4-3-5-12-26/h6,8,10,14-16,29H,3-5,7,9,11-13,17H2,1-2H3,(H,31,32). The lowest BCUT2D eigenvalue weighted by Gasteiger charge is -2.34. The Balaban J connectivity index is 1.65. The van der Waals surface area contributed by atoms with E-state index in [0.29, 0.717) is 36.3 Å². The molecule has 1 aliphatic rings. The Labute approximate surface area is 200 Å². The molecule has 1 saturated carbocycles. The maximum atomic E-state index is 12.9. The van der Waals surface area contributed by atoms with Crippen LogP contribution in [0.15, 0.2) is 36.4 Å². The number of ether oxygens (including phenoxy) is 1. The van der Waals surface area contributed by atoms with Gasteiger partial charge < -0.3 is 19.8 Å². The second kappa shape index (κ2) is 11.0. The fourth-order valence-corrected chi connectivity index (χ4v) is 4.97. The number of methoxy groups -OCH3 is 1. The van der Waals surface area contributed by atoms with E-state index < -0.39 is 11.4 Å². The number of carboxylic acid groups (broad SMARTS) is 1. The molecule has 0 aliphatic heterocycles. The van der Waals surface area contributed by atoms with Crippen molar-refractivity contribution in [1.29, 1.82) is 0 Å². The van der Waals surface area contributed by atoms with Gasteiger partial charge in [0.15, 0.2) is 0 Å². The first-order chi connectivity index (χ1) is 15.8. The van der Waals surface area contributed by atoms with Crippen LogP contribution in [0.3, 0.4) is 0 Å².